The molecule has 0 aliphatic heterocycles. The highest BCUT2D eigenvalue weighted by atomic mass is 32.2. The summed E-state index contributed by atoms with van der Waals surface area (Å²) in [6.45, 7) is 4.23. The Balaban J connectivity index is 1.69. The number of esters is 1. The largest absolute Gasteiger partial charge is 0.457 e. The van der Waals surface area contributed by atoms with E-state index in [-0.39, 0.29) is 23.6 Å². The maximum atomic E-state index is 12.6. The van der Waals surface area contributed by atoms with Crippen molar-refractivity contribution in [2.45, 2.75) is 31.9 Å². The second-order valence-corrected chi connectivity index (χ2v) is 8.61. The normalized spacial score (nSPS) is 11.2. The first-order valence-electron chi connectivity index (χ1n) is 9.22. The molecule has 0 spiro atoms. The lowest BCUT2D eigenvalue weighted by Gasteiger charge is -2.10. The second kappa shape index (κ2) is 9.03. The second-order valence-electron chi connectivity index (χ2n) is 6.84. The number of aryl methyl sites for hydroxylation is 2. The number of benzene rings is 3. The summed E-state index contributed by atoms with van der Waals surface area (Å²) in [5.74, 6) is -0.564. The van der Waals surface area contributed by atoms with Crippen molar-refractivity contribution in [3.05, 3.63) is 101 Å². The first-order chi connectivity index (χ1) is 13.8. The summed E-state index contributed by atoms with van der Waals surface area (Å²) in [4.78, 5) is 12.5. The molecule has 0 fully saturated rings. The molecule has 0 saturated heterocycles. The molecule has 0 amide bonds. The first kappa shape index (κ1) is 20.8. The predicted octanol–water partition coefficient (Wildman–Crippen LogP) is 4.14. The molecule has 0 radical (unpaired) electrons. The Morgan fingerprint density at radius 3 is 2.45 bits per heavy atom. The summed E-state index contributed by atoms with van der Waals surface area (Å²) in [6, 6.07) is 21.0. The molecule has 0 aliphatic carbocycles. The van der Waals surface area contributed by atoms with Crippen LogP contribution in [-0.2, 0) is 27.9 Å². The molecule has 6 heteroatoms. The minimum absolute atomic E-state index is 0.0228. The fourth-order valence-electron chi connectivity index (χ4n) is 2.83. The lowest BCUT2D eigenvalue weighted by Crippen LogP contribution is -2.23. The Hall–Kier alpha value is -2.96. The van der Waals surface area contributed by atoms with Crippen LogP contribution in [0.3, 0.4) is 0 Å². The number of hydrogen-bond donors (Lipinski definition) is 1. The molecule has 3 rings (SSSR count). The summed E-state index contributed by atoms with van der Waals surface area (Å²) in [6.07, 6.45) is 0. The van der Waals surface area contributed by atoms with Gasteiger partial charge in [-0.3, -0.25) is 0 Å². The van der Waals surface area contributed by atoms with Crippen LogP contribution in [0, 0.1) is 13.8 Å². The number of sulfonamides is 1. The molecule has 0 heterocycles. The predicted molar refractivity (Wildman–Crippen MR) is 112 cm³/mol. The van der Waals surface area contributed by atoms with Crippen LogP contribution in [-0.4, -0.2) is 14.4 Å². The van der Waals surface area contributed by atoms with Crippen molar-refractivity contribution in [3.8, 4) is 0 Å². The zero-order valence-corrected chi connectivity index (χ0v) is 17.2. The first-order valence-corrected chi connectivity index (χ1v) is 10.7. The SMILES string of the molecule is Cc1ccc(C)c(COC(=O)c2cccc(S(=O)(=O)NCc3ccccc3)c2)c1. The monoisotopic (exact) mass is 409 g/mol. The number of carbonyl (C=O) groups excluding carboxylic acids is 1. The zero-order valence-electron chi connectivity index (χ0n) is 16.4. The van der Waals surface area contributed by atoms with Gasteiger partial charge in [0.15, 0.2) is 0 Å². The van der Waals surface area contributed by atoms with Crippen molar-refractivity contribution in [2.75, 3.05) is 0 Å². The standard InChI is InChI=1S/C23H23NO4S/c1-17-11-12-18(2)21(13-17)16-28-23(25)20-9-6-10-22(14-20)29(26,27)24-15-19-7-4-3-5-8-19/h3-14,24H,15-16H2,1-2H3. The average molecular weight is 410 g/mol. The van der Waals surface area contributed by atoms with Crippen molar-refractivity contribution in [2.24, 2.45) is 0 Å². The highest BCUT2D eigenvalue weighted by Crippen LogP contribution is 2.16. The summed E-state index contributed by atoms with van der Waals surface area (Å²) in [5, 5.41) is 0. The van der Waals surface area contributed by atoms with Crippen molar-refractivity contribution in [3.63, 3.8) is 0 Å². The number of ether oxygens (including phenoxy) is 1. The molecule has 3 aromatic carbocycles. The quantitative estimate of drug-likeness (QED) is 0.596. The third kappa shape index (κ3) is 5.53. The van der Waals surface area contributed by atoms with Gasteiger partial charge in [-0.1, -0.05) is 60.2 Å². The Labute approximate surface area is 171 Å². The minimum Gasteiger partial charge on any atom is -0.457 e. The van der Waals surface area contributed by atoms with E-state index in [1.807, 2.05) is 62.4 Å². The minimum atomic E-state index is -3.75. The van der Waals surface area contributed by atoms with Crippen molar-refractivity contribution < 1.29 is 17.9 Å². The topological polar surface area (TPSA) is 72.5 Å². The molecular weight excluding hydrogens is 386 g/mol. The highest BCUT2D eigenvalue weighted by Gasteiger charge is 2.17. The number of nitrogens with one attached hydrogen (secondary N) is 1. The molecule has 0 bridgehead atoms. The number of carbonyl (C=O) groups is 1. The Morgan fingerprint density at radius 2 is 1.69 bits per heavy atom. The molecule has 0 aliphatic rings. The Kier molecular flexibility index (Phi) is 6.46. The lowest BCUT2D eigenvalue weighted by molar-refractivity contribution is 0.0471. The van der Waals surface area contributed by atoms with Crippen LogP contribution in [0.4, 0.5) is 0 Å². The van der Waals surface area contributed by atoms with Gasteiger partial charge in [0.05, 0.1) is 10.5 Å². The molecule has 29 heavy (non-hydrogen) atoms. The van der Waals surface area contributed by atoms with Gasteiger partial charge in [-0.15, -0.1) is 0 Å². The van der Waals surface area contributed by atoms with Gasteiger partial charge in [0, 0.05) is 6.54 Å². The fraction of sp³-hybridized carbons (Fsp3) is 0.174. The van der Waals surface area contributed by atoms with Crippen LogP contribution in [0.1, 0.15) is 32.6 Å². The summed E-state index contributed by atoms with van der Waals surface area (Å²) >= 11 is 0. The van der Waals surface area contributed by atoms with Crippen molar-refractivity contribution >= 4 is 16.0 Å². The van der Waals surface area contributed by atoms with Crippen molar-refractivity contribution in [1.82, 2.24) is 4.72 Å². The maximum absolute atomic E-state index is 12.6. The molecule has 0 aromatic heterocycles. The number of hydrogen-bond acceptors (Lipinski definition) is 4. The average Bonchev–Trinajstić information content (AvgIpc) is 2.73. The summed E-state index contributed by atoms with van der Waals surface area (Å²) in [5.41, 5.74) is 4.08. The lowest BCUT2D eigenvalue weighted by atomic mass is 10.1. The smallest absolute Gasteiger partial charge is 0.338 e. The van der Waals surface area contributed by atoms with Gasteiger partial charge in [0.25, 0.3) is 0 Å². The van der Waals surface area contributed by atoms with E-state index in [4.69, 9.17) is 4.74 Å². The molecule has 0 unspecified atom stereocenters. The van der Waals surface area contributed by atoms with E-state index in [1.165, 1.54) is 18.2 Å². The molecule has 3 aromatic rings. The Bertz CT molecular complexity index is 1110. The van der Waals surface area contributed by atoms with Gasteiger partial charge in [-0.25, -0.2) is 17.9 Å². The van der Waals surface area contributed by atoms with Crippen LogP contribution in [0.15, 0.2) is 77.7 Å². The highest BCUT2D eigenvalue weighted by molar-refractivity contribution is 7.89. The third-order valence-corrected chi connectivity index (χ3v) is 5.95. The van der Waals surface area contributed by atoms with Gasteiger partial charge in [-0.2, -0.15) is 0 Å². The molecule has 0 saturated carbocycles. The molecule has 5 nitrogen and oxygen atoms in total. The van der Waals surface area contributed by atoms with E-state index < -0.39 is 16.0 Å². The van der Waals surface area contributed by atoms with E-state index in [2.05, 4.69) is 4.72 Å². The van der Waals surface area contributed by atoms with E-state index in [0.29, 0.717) is 0 Å². The molecule has 150 valence electrons. The van der Waals surface area contributed by atoms with Gasteiger partial charge in [-0.05, 0) is 48.7 Å². The van der Waals surface area contributed by atoms with Crippen LogP contribution >= 0.6 is 0 Å². The van der Waals surface area contributed by atoms with Crippen LogP contribution in [0.5, 0.6) is 0 Å². The zero-order chi connectivity index (χ0) is 20.9. The van der Waals surface area contributed by atoms with E-state index in [1.54, 1.807) is 6.07 Å². The van der Waals surface area contributed by atoms with E-state index in [0.717, 1.165) is 22.3 Å². The molecule has 0 atom stereocenters. The van der Waals surface area contributed by atoms with Crippen LogP contribution in [0.25, 0.3) is 0 Å². The van der Waals surface area contributed by atoms with Crippen LogP contribution in [0.2, 0.25) is 0 Å². The molecule has 1 N–H and O–H groups in total. The number of rotatable bonds is 7. The fourth-order valence-corrected chi connectivity index (χ4v) is 3.89. The summed E-state index contributed by atoms with van der Waals surface area (Å²) < 4.78 is 33.1. The summed E-state index contributed by atoms with van der Waals surface area (Å²) in [7, 11) is -3.75. The van der Waals surface area contributed by atoms with Gasteiger partial charge in [0.2, 0.25) is 10.0 Å². The van der Waals surface area contributed by atoms with Crippen molar-refractivity contribution in [1.29, 1.82) is 0 Å². The Morgan fingerprint density at radius 1 is 0.931 bits per heavy atom. The van der Waals surface area contributed by atoms with E-state index in [9.17, 15) is 13.2 Å². The van der Waals surface area contributed by atoms with E-state index >= 15 is 0 Å². The van der Waals surface area contributed by atoms with Gasteiger partial charge in [0.1, 0.15) is 6.61 Å². The maximum Gasteiger partial charge on any atom is 0.338 e. The van der Waals surface area contributed by atoms with Crippen LogP contribution < -0.4 is 4.72 Å². The third-order valence-electron chi connectivity index (χ3n) is 4.55. The molecular formula is C23H23NO4S. The van der Waals surface area contributed by atoms with Gasteiger partial charge < -0.3 is 4.74 Å². The van der Waals surface area contributed by atoms with Gasteiger partial charge >= 0.3 is 5.97 Å².